The Morgan fingerprint density at radius 3 is 1.52 bits per heavy atom. The molecule has 128 valence electrons. The minimum Gasteiger partial charge on any atom is -0.318 e. The molecule has 3 nitrogen and oxygen atoms in total. The third kappa shape index (κ3) is 3.54. The molecule has 3 aromatic rings. The number of aromatic nitrogens is 1. The van der Waals surface area contributed by atoms with Crippen molar-refractivity contribution in [3.05, 3.63) is 90.8 Å². The van der Waals surface area contributed by atoms with Gasteiger partial charge in [-0.1, -0.05) is 66.7 Å². The van der Waals surface area contributed by atoms with Crippen LogP contribution < -0.4 is 10.6 Å². The fraction of sp³-hybridized carbons (Fsp3) is 0.150. The molecule has 1 heterocycles. The quantitative estimate of drug-likeness (QED) is 0.612. The molecule has 0 aliphatic carbocycles. The van der Waals surface area contributed by atoms with Crippen molar-refractivity contribution in [2.45, 2.75) is 5.40 Å². The average molecular weight is 369 g/mol. The molecule has 2 unspecified atom stereocenters. The lowest BCUT2D eigenvalue weighted by atomic mass is 10.4. The zero-order valence-electron chi connectivity index (χ0n) is 14.3. The molecule has 0 amide bonds. The second kappa shape index (κ2) is 7.12. The van der Waals surface area contributed by atoms with Crippen molar-refractivity contribution in [1.29, 1.82) is 0 Å². The highest BCUT2D eigenvalue weighted by molar-refractivity contribution is 7.87. The van der Waals surface area contributed by atoms with Crippen LogP contribution in [-0.2, 0) is 9.13 Å². The van der Waals surface area contributed by atoms with Gasteiger partial charge in [-0.3, -0.25) is 4.98 Å². The smallest absolute Gasteiger partial charge is 0.128 e. The summed E-state index contributed by atoms with van der Waals surface area (Å²) >= 11 is 0. The number of hydrogen-bond acceptors (Lipinski definition) is 3. The summed E-state index contributed by atoms with van der Waals surface area (Å²) in [5.74, 6) is 0. The number of benzene rings is 2. The van der Waals surface area contributed by atoms with E-state index in [2.05, 4.69) is 4.98 Å². The molecule has 0 radical (unpaired) electrons. The van der Waals surface area contributed by atoms with Gasteiger partial charge in [-0.15, -0.1) is 0 Å². The molecule has 3 rings (SSSR count). The molecule has 0 aliphatic rings. The van der Waals surface area contributed by atoms with E-state index < -0.39 is 19.7 Å². The van der Waals surface area contributed by atoms with E-state index in [9.17, 15) is 9.13 Å². The highest BCUT2D eigenvalue weighted by atomic mass is 31.2. The maximum atomic E-state index is 13.9. The van der Waals surface area contributed by atoms with Crippen LogP contribution >= 0.6 is 14.3 Å². The second-order valence-corrected chi connectivity index (χ2v) is 12.7. The summed E-state index contributed by atoms with van der Waals surface area (Å²) in [5, 5.41) is 0.804. The van der Waals surface area contributed by atoms with Crippen molar-refractivity contribution >= 4 is 24.9 Å². The number of nitrogens with zero attached hydrogens (tertiary/aromatic N) is 1. The van der Waals surface area contributed by atoms with Gasteiger partial charge in [0.2, 0.25) is 0 Å². The molecule has 0 N–H and O–H groups in total. The third-order valence-electron chi connectivity index (χ3n) is 4.42. The van der Waals surface area contributed by atoms with Crippen molar-refractivity contribution in [3.8, 4) is 0 Å². The van der Waals surface area contributed by atoms with Crippen LogP contribution in [0.1, 0.15) is 11.1 Å². The summed E-state index contributed by atoms with van der Waals surface area (Å²) < 4.78 is 27.8. The molecular weight excluding hydrogens is 348 g/mol. The first-order valence-electron chi connectivity index (χ1n) is 8.10. The molecule has 25 heavy (non-hydrogen) atoms. The lowest BCUT2D eigenvalue weighted by molar-refractivity contribution is 0.571. The predicted molar refractivity (Wildman–Crippen MR) is 106 cm³/mol. The zero-order valence-corrected chi connectivity index (χ0v) is 16.1. The second-order valence-electron chi connectivity index (χ2n) is 6.28. The summed E-state index contributed by atoms with van der Waals surface area (Å²) in [7, 11) is -5.98. The van der Waals surface area contributed by atoms with E-state index in [4.69, 9.17) is 0 Å². The van der Waals surface area contributed by atoms with E-state index >= 15 is 0 Å². The van der Waals surface area contributed by atoms with Gasteiger partial charge in [0, 0.05) is 16.8 Å². The molecule has 0 bridgehead atoms. The van der Waals surface area contributed by atoms with Crippen LogP contribution in [0.5, 0.6) is 0 Å². The first-order valence-corrected chi connectivity index (χ1v) is 12.6. The van der Waals surface area contributed by atoms with E-state index in [0.717, 1.165) is 10.6 Å². The van der Waals surface area contributed by atoms with Gasteiger partial charge in [0.1, 0.15) is 19.7 Å². The van der Waals surface area contributed by atoms with Gasteiger partial charge >= 0.3 is 0 Å². The van der Waals surface area contributed by atoms with Crippen molar-refractivity contribution in [1.82, 2.24) is 4.98 Å². The van der Waals surface area contributed by atoms with Crippen LogP contribution in [0.15, 0.2) is 85.1 Å². The van der Waals surface area contributed by atoms with Gasteiger partial charge in [-0.2, -0.15) is 0 Å². The van der Waals surface area contributed by atoms with Crippen LogP contribution in [0.4, 0.5) is 0 Å². The fourth-order valence-corrected chi connectivity index (χ4v) is 10.8. The molecule has 2 aromatic carbocycles. The van der Waals surface area contributed by atoms with E-state index in [1.165, 1.54) is 0 Å². The average Bonchev–Trinajstić information content (AvgIpc) is 2.64. The Bertz CT molecular complexity index is 868. The lowest BCUT2D eigenvalue weighted by Crippen LogP contribution is -2.17. The van der Waals surface area contributed by atoms with Crippen molar-refractivity contribution in [2.75, 3.05) is 13.3 Å². The Hall–Kier alpha value is -1.95. The molecular formula is C20H21NO2P2. The minimum atomic E-state index is -2.99. The van der Waals surface area contributed by atoms with Gasteiger partial charge in [0.05, 0.1) is 5.69 Å². The number of pyridine rings is 1. The highest BCUT2D eigenvalue weighted by Gasteiger charge is 2.44. The highest BCUT2D eigenvalue weighted by Crippen LogP contribution is 2.72. The number of rotatable bonds is 5. The largest absolute Gasteiger partial charge is 0.318 e. The van der Waals surface area contributed by atoms with Crippen LogP contribution in [0, 0.1) is 0 Å². The van der Waals surface area contributed by atoms with Gasteiger partial charge in [0.25, 0.3) is 0 Å². The minimum absolute atomic E-state index is 0.617. The zero-order chi connectivity index (χ0) is 17.9. The molecule has 1 aromatic heterocycles. The predicted octanol–water partition coefficient (Wildman–Crippen LogP) is 4.72. The molecule has 0 saturated heterocycles. The normalized spacial score (nSPS) is 17.2. The van der Waals surface area contributed by atoms with E-state index in [0.29, 0.717) is 5.69 Å². The Labute approximate surface area is 148 Å². The molecule has 5 heteroatoms. The van der Waals surface area contributed by atoms with Crippen LogP contribution in [-0.4, -0.2) is 18.3 Å². The Balaban J connectivity index is 2.22. The Morgan fingerprint density at radius 2 is 1.12 bits per heavy atom. The van der Waals surface area contributed by atoms with Crippen molar-refractivity contribution in [2.24, 2.45) is 0 Å². The Morgan fingerprint density at radius 1 is 0.680 bits per heavy atom. The van der Waals surface area contributed by atoms with Gasteiger partial charge in [-0.25, -0.2) is 0 Å². The SMILES string of the molecule is CP(=O)(c1ccccc1)C(c1ccccn1)P(C)(=O)c1ccccc1. The van der Waals surface area contributed by atoms with Crippen LogP contribution in [0.2, 0.25) is 0 Å². The van der Waals surface area contributed by atoms with Crippen LogP contribution in [0.25, 0.3) is 0 Å². The third-order valence-corrected chi connectivity index (χ3v) is 12.1. The maximum absolute atomic E-state index is 13.9. The van der Waals surface area contributed by atoms with Gasteiger partial charge in [-0.05, 0) is 25.5 Å². The van der Waals surface area contributed by atoms with Crippen LogP contribution in [0.3, 0.4) is 0 Å². The monoisotopic (exact) mass is 369 g/mol. The Kier molecular flexibility index (Phi) is 5.08. The van der Waals surface area contributed by atoms with Crippen molar-refractivity contribution in [3.63, 3.8) is 0 Å². The van der Waals surface area contributed by atoms with Gasteiger partial charge in [0.15, 0.2) is 0 Å². The van der Waals surface area contributed by atoms with Crippen molar-refractivity contribution < 1.29 is 9.13 Å². The molecule has 0 saturated carbocycles. The number of hydrogen-bond donors (Lipinski definition) is 0. The summed E-state index contributed by atoms with van der Waals surface area (Å²) in [6, 6.07) is 24.1. The molecule has 0 spiro atoms. The fourth-order valence-electron chi connectivity index (χ4n) is 3.18. The molecule has 2 atom stereocenters. The summed E-state index contributed by atoms with van der Waals surface area (Å²) in [5.41, 5.74) is 0.617. The van der Waals surface area contributed by atoms with E-state index in [-0.39, 0.29) is 0 Å². The summed E-state index contributed by atoms with van der Waals surface area (Å²) in [4.78, 5) is 4.42. The lowest BCUT2D eigenvalue weighted by Gasteiger charge is -2.30. The van der Waals surface area contributed by atoms with Gasteiger partial charge < -0.3 is 9.13 Å². The molecule has 0 aliphatic heterocycles. The maximum Gasteiger partial charge on any atom is 0.128 e. The van der Waals surface area contributed by atoms with E-state index in [1.807, 2.05) is 78.9 Å². The molecule has 0 fully saturated rings. The standard InChI is InChI=1S/C20H21NO2P2/c1-24(22,17-11-5-3-6-12-17)20(19-15-9-10-16-21-19)25(2,23)18-13-7-4-8-14-18/h3-16,20H,1-2H3. The first-order chi connectivity index (χ1) is 11.9. The van der Waals surface area contributed by atoms with E-state index in [1.54, 1.807) is 19.5 Å². The summed E-state index contributed by atoms with van der Waals surface area (Å²) in [6.07, 6.45) is 1.66. The topological polar surface area (TPSA) is 47.0 Å². The summed E-state index contributed by atoms with van der Waals surface area (Å²) in [6.45, 7) is 3.45. The first kappa shape index (κ1) is 17.9.